The van der Waals surface area contributed by atoms with Crippen molar-refractivity contribution in [2.75, 3.05) is 0 Å². The molecule has 1 aliphatic heterocycles. The summed E-state index contributed by atoms with van der Waals surface area (Å²) in [7, 11) is 0. The molecule has 1 unspecified atom stereocenters. The molecule has 0 bridgehead atoms. The van der Waals surface area contributed by atoms with Gasteiger partial charge in [0.2, 0.25) is 0 Å². The third-order valence-electron chi connectivity index (χ3n) is 3.24. The van der Waals surface area contributed by atoms with Gasteiger partial charge in [0.25, 0.3) is 0 Å². The zero-order chi connectivity index (χ0) is 13.4. The van der Waals surface area contributed by atoms with E-state index in [-0.39, 0.29) is 11.7 Å². The molecule has 1 aromatic heterocycles. The fourth-order valence-electron chi connectivity index (χ4n) is 2.42. The molecule has 1 atom stereocenters. The van der Waals surface area contributed by atoms with Gasteiger partial charge in [-0.05, 0) is 24.6 Å². The van der Waals surface area contributed by atoms with E-state index in [4.69, 9.17) is 10.00 Å². The van der Waals surface area contributed by atoms with Gasteiger partial charge in [0.05, 0.1) is 6.54 Å². The number of halogens is 1. The van der Waals surface area contributed by atoms with Crippen molar-refractivity contribution in [3.8, 4) is 11.8 Å². The first-order chi connectivity index (χ1) is 9.19. The average Bonchev–Trinajstić information content (AvgIpc) is 2.98. The number of fused-ring (bicyclic) bond motifs is 1. The number of ether oxygens (including phenoxy) is 1. The lowest BCUT2D eigenvalue weighted by Crippen LogP contribution is -2.06. The Morgan fingerprint density at radius 2 is 2.47 bits per heavy atom. The van der Waals surface area contributed by atoms with Crippen LogP contribution in [0, 0.1) is 17.1 Å². The van der Waals surface area contributed by atoms with Crippen LogP contribution in [0.1, 0.15) is 23.6 Å². The van der Waals surface area contributed by atoms with Crippen molar-refractivity contribution < 1.29 is 9.13 Å². The van der Waals surface area contributed by atoms with Gasteiger partial charge in [-0.1, -0.05) is 0 Å². The molecule has 1 aliphatic rings. The molecule has 0 saturated carbocycles. The molecule has 0 amide bonds. The Morgan fingerprint density at radius 1 is 1.63 bits per heavy atom. The average molecular weight is 257 g/mol. The summed E-state index contributed by atoms with van der Waals surface area (Å²) >= 11 is 0. The summed E-state index contributed by atoms with van der Waals surface area (Å²) in [5.41, 5.74) is 1.74. The van der Waals surface area contributed by atoms with Gasteiger partial charge in [0.15, 0.2) is 0 Å². The highest BCUT2D eigenvalue weighted by Gasteiger charge is 2.28. The second-order valence-corrected chi connectivity index (χ2v) is 4.65. The zero-order valence-electron chi connectivity index (χ0n) is 10.4. The molecule has 0 N–H and O–H groups in total. The van der Waals surface area contributed by atoms with Crippen LogP contribution in [-0.4, -0.2) is 15.9 Å². The van der Waals surface area contributed by atoms with Gasteiger partial charge in [-0.15, -0.1) is 0 Å². The Labute approximate surface area is 110 Å². The molecule has 5 heteroatoms. The summed E-state index contributed by atoms with van der Waals surface area (Å²) in [5.74, 6) is -0.130. The van der Waals surface area contributed by atoms with Crippen LogP contribution in [0.4, 0.5) is 4.39 Å². The number of hydrogen-bond donors (Lipinski definition) is 0. The lowest BCUT2D eigenvalue weighted by atomic mass is 10.00. The van der Waals surface area contributed by atoms with E-state index in [1.54, 1.807) is 10.9 Å². The highest BCUT2D eigenvalue weighted by molar-refractivity contribution is 5.55. The highest BCUT2D eigenvalue weighted by atomic mass is 19.1. The lowest BCUT2D eigenvalue weighted by molar-refractivity contribution is 0.253. The monoisotopic (exact) mass is 257 g/mol. The molecule has 4 nitrogen and oxygen atoms in total. The molecule has 0 radical (unpaired) electrons. The Kier molecular flexibility index (Phi) is 2.71. The molecule has 0 saturated heterocycles. The summed E-state index contributed by atoms with van der Waals surface area (Å²) in [5, 5.41) is 13.1. The molecule has 96 valence electrons. The van der Waals surface area contributed by atoms with Crippen molar-refractivity contribution in [3.63, 3.8) is 0 Å². The first-order valence-corrected chi connectivity index (χ1v) is 6.07. The van der Waals surface area contributed by atoms with Crippen LogP contribution in [0.3, 0.4) is 0 Å². The second-order valence-electron chi connectivity index (χ2n) is 4.65. The van der Waals surface area contributed by atoms with Crippen LogP contribution < -0.4 is 4.74 Å². The Morgan fingerprint density at radius 3 is 3.16 bits per heavy atom. The number of benzene rings is 1. The topological polar surface area (TPSA) is 50.8 Å². The quantitative estimate of drug-likeness (QED) is 0.829. The Balaban J connectivity index is 2.09. The lowest BCUT2D eigenvalue weighted by Gasteiger charge is -2.09. The van der Waals surface area contributed by atoms with E-state index < -0.39 is 5.82 Å². The standard InChI is InChI=1S/C14H12FN3O/c1-9-5-11-10(8-18-4-2-3-17-18)6-13(15)12(7-16)14(11)19-9/h2-4,6,9H,5,8H2,1H3. The largest absolute Gasteiger partial charge is 0.489 e. The molecular weight excluding hydrogens is 245 g/mol. The normalized spacial score (nSPS) is 16.8. The molecule has 0 fully saturated rings. The number of rotatable bonds is 2. The van der Waals surface area contributed by atoms with Crippen LogP contribution in [0.25, 0.3) is 0 Å². The van der Waals surface area contributed by atoms with Crippen molar-refractivity contribution in [2.24, 2.45) is 0 Å². The molecule has 0 aliphatic carbocycles. The maximum atomic E-state index is 13.9. The van der Waals surface area contributed by atoms with Crippen LogP contribution in [0.5, 0.6) is 5.75 Å². The minimum Gasteiger partial charge on any atom is -0.489 e. The van der Waals surface area contributed by atoms with Gasteiger partial charge in [-0.3, -0.25) is 4.68 Å². The predicted molar refractivity (Wildman–Crippen MR) is 66.2 cm³/mol. The summed E-state index contributed by atoms with van der Waals surface area (Å²) in [6.45, 7) is 2.39. The van der Waals surface area contributed by atoms with Crippen LogP contribution >= 0.6 is 0 Å². The summed E-state index contributed by atoms with van der Waals surface area (Å²) in [6, 6.07) is 5.12. The predicted octanol–water partition coefficient (Wildman–Crippen LogP) is 2.27. The van der Waals surface area contributed by atoms with Gasteiger partial charge < -0.3 is 4.74 Å². The molecule has 19 heavy (non-hydrogen) atoms. The molecule has 0 spiro atoms. The van der Waals surface area contributed by atoms with Crippen LogP contribution in [0.2, 0.25) is 0 Å². The van der Waals surface area contributed by atoms with Crippen molar-refractivity contribution in [1.29, 1.82) is 5.26 Å². The van der Waals surface area contributed by atoms with E-state index in [1.165, 1.54) is 6.07 Å². The van der Waals surface area contributed by atoms with E-state index in [0.29, 0.717) is 18.7 Å². The molecule has 2 aromatic rings. The van der Waals surface area contributed by atoms with Crippen molar-refractivity contribution in [3.05, 3.63) is 47.0 Å². The molecular formula is C14H12FN3O. The van der Waals surface area contributed by atoms with E-state index in [0.717, 1.165) is 11.1 Å². The van der Waals surface area contributed by atoms with Gasteiger partial charge in [-0.2, -0.15) is 10.4 Å². The summed E-state index contributed by atoms with van der Waals surface area (Å²) in [4.78, 5) is 0. The van der Waals surface area contributed by atoms with E-state index in [1.807, 2.05) is 25.3 Å². The molecule has 2 heterocycles. The number of nitrogens with zero attached hydrogens (tertiary/aromatic N) is 3. The summed E-state index contributed by atoms with van der Waals surface area (Å²) < 4.78 is 21.2. The first kappa shape index (κ1) is 11.7. The van der Waals surface area contributed by atoms with Crippen molar-refractivity contribution in [1.82, 2.24) is 9.78 Å². The fourth-order valence-corrected chi connectivity index (χ4v) is 2.42. The number of hydrogen-bond acceptors (Lipinski definition) is 3. The number of aromatic nitrogens is 2. The highest BCUT2D eigenvalue weighted by Crippen LogP contribution is 2.36. The van der Waals surface area contributed by atoms with E-state index >= 15 is 0 Å². The van der Waals surface area contributed by atoms with Gasteiger partial charge >= 0.3 is 0 Å². The fraction of sp³-hybridized carbons (Fsp3) is 0.286. The zero-order valence-corrected chi connectivity index (χ0v) is 10.4. The van der Waals surface area contributed by atoms with E-state index in [2.05, 4.69) is 5.10 Å². The Bertz CT molecular complexity index is 658. The first-order valence-electron chi connectivity index (χ1n) is 6.07. The summed E-state index contributed by atoms with van der Waals surface area (Å²) in [6.07, 6.45) is 4.17. The smallest absolute Gasteiger partial charge is 0.145 e. The maximum absolute atomic E-state index is 13.9. The maximum Gasteiger partial charge on any atom is 0.145 e. The van der Waals surface area contributed by atoms with Crippen molar-refractivity contribution in [2.45, 2.75) is 26.0 Å². The van der Waals surface area contributed by atoms with E-state index in [9.17, 15) is 4.39 Å². The SMILES string of the molecule is CC1Cc2c(Cn3cccn3)cc(F)c(C#N)c2O1. The number of nitriles is 1. The third-order valence-corrected chi connectivity index (χ3v) is 3.24. The third kappa shape index (κ3) is 1.95. The van der Waals surface area contributed by atoms with Gasteiger partial charge in [0, 0.05) is 24.4 Å². The molecule has 3 rings (SSSR count). The second kappa shape index (κ2) is 4.39. The minimum atomic E-state index is -0.530. The van der Waals surface area contributed by atoms with Gasteiger partial charge in [0.1, 0.15) is 29.3 Å². The molecule has 1 aromatic carbocycles. The Hall–Kier alpha value is -2.35. The van der Waals surface area contributed by atoms with Crippen molar-refractivity contribution >= 4 is 0 Å². The van der Waals surface area contributed by atoms with Crippen LogP contribution in [-0.2, 0) is 13.0 Å². The van der Waals surface area contributed by atoms with Crippen LogP contribution in [0.15, 0.2) is 24.5 Å². The van der Waals surface area contributed by atoms with Gasteiger partial charge in [-0.25, -0.2) is 4.39 Å². The minimum absolute atomic E-state index is 0.00330.